The van der Waals surface area contributed by atoms with Gasteiger partial charge in [0.1, 0.15) is 0 Å². The lowest BCUT2D eigenvalue weighted by Gasteiger charge is -2.33. The van der Waals surface area contributed by atoms with E-state index in [2.05, 4.69) is 5.32 Å². The van der Waals surface area contributed by atoms with Gasteiger partial charge in [-0.05, 0) is 32.7 Å². The fourth-order valence-corrected chi connectivity index (χ4v) is 2.92. The van der Waals surface area contributed by atoms with E-state index < -0.39 is 15.8 Å². The Balaban J connectivity index is 2.56. The fourth-order valence-electron chi connectivity index (χ4n) is 1.98. The Hall–Kier alpha value is -0.270. The maximum atomic E-state index is 12.3. The zero-order chi connectivity index (χ0) is 12.3. The molecule has 1 unspecified atom stereocenters. The van der Waals surface area contributed by atoms with Crippen molar-refractivity contribution in [3.05, 3.63) is 0 Å². The quantitative estimate of drug-likeness (QED) is 0.811. The van der Waals surface area contributed by atoms with Crippen LogP contribution in [0.25, 0.3) is 0 Å². The number of hydrogen-bond donors (Lipinski definition) is 1. The van der Waals surface area contributed by atoms with Crippen LogP contribution in [0.3, 0.4) is 0 Å². The summed E-state index contributed by atoms with van der Waals surface area (Å²) >= 11 is 0. The maximum Gasteiger partial charge on any atom is 0.350 e. The lowest BCUT2D eigenvalue weighted by Crippen LogP contribution is -2.44. The van der Waals surface area contributed by atoms with Gasteiger partial charge in [0.15, 0.2) is 0 Å². The number of halogens is 2. The van der Waals surface area contributed by atoms with E-state index >= 15 is 0 Å². The summed E-state index contributed by atoms with van der Waals surface area (Å²) in [6.07, 6.45) is 1.27. The van der Waals surface area contributed by atoms with Crippen molar-refractivity contribution >= 4 is 10.0 Å². The van der Waals surface area contributed by atoms with E-state index in [0.717, 1.165) is 4.31 Å². The van der Waals surface area contributed by atoms with Crippen molar-refractivity contribution < 1.29 is 17.2 Å². The van der Waals surface area contributed by atoms with Gasteiger partial charge in [0, 0.05) is 19.1 Å². The van der Waals surface area contributed by atoms with Gasteiger partial charge >= 0.3 is 5.76 Å². The molecule has 1 saturated heterocycles. The number of nitrogens with one attached hydrogen (secondary N) is 1. The molecule has 0 bridgehead atoms. The van der Waals surface area contributed by atoms with E-state index in [-0.39, 0.29) is 19.1 Å². The van der Waals surface area contributed by atoms with Gasteiger partial charge in [-0.15, -0.1) is 0 Å². The highest BCUT2D eigenvalue weighted by molar-refractivity contribution is 7.89. The number of alkyl halides is 2. The minimum absolute atomic E-state index is 0.198. The van der Waals surface area contributed by atoms with E-state index in [4.69, 9.17) is 0 Å². The molecular formula is C9H18F2N2O2S. The zero-order valence-corrected chi connectivity index (χ0v) is 10.3. The van der Waals surface area contributed by atoms with E-state index in [1.165, 1.54) is 0 Å². The molecule has 0 aliphatic carbocycles. The Labute approximate surface area is 95.1 Å². The molecule has 0 amide bonds. The molecule has 1 atom stereocenters. The summed E-state index contributed by atoms with van der Waals surface area (Å²) in [6.45, 7) is 2.41. The molecule has 1 aliphatic heterocycles. The first kappa shape index (κ1) is 13.8. The predicted octanol–water partition coefficient (Wildman–Crippen LogP) is 0.859. The van der Waals surface area contributed by atoms with E-state index in [9.17, 15) is 17.2 Å². The number of nitrogens with zero attached hydrogens (tertiary/aromatic N) is 1. The predicted molar refractivity (Wildman–Crippen MR) is 57.7 cm³/mol. The molecule has 0 spiro atoms. The summed E-state index contributed by atoms with van der Waals surface area (Å²) in [5.74, 6) is -2.94. The Morgan fingerprint density at radius 2 is 1.81 bits per heavy atom. The summed E-state index contributed by atoms with van der Waals surface area (Å²) in [4.78, 5) is 0. The first-order chi connectivity index (χ1) is 7.39. The van der Waals surface area contributed by atoms with Crippen LogP contribution in [0.2, 0.25) is 0 Å². The molecule has 1 rings (SSSR count). The van der Waals surface area contributed by atoms with Crippen molar-refractivity contribution in [2.24, 2.45) is 5.92 Å². The molecule has 0 aromatic carbocycles. The highest BCUT2D eigenvalue weighted by Crippen LogP contribution is 2.24. The van der Waals surface area contributed by atoms with Crippen molar-refractivity contribution in [1.29, 1.82) is 0 Å². The van der Waals surface area contributed by atoms with Crippen LogP contribution in [0.15, 0.2) is 0 Å². The zero-order valence-electron chi connectivity index (χ0n) is 9.49. The molecule has 1 heterocycles. The molecule has 1 fully saturated rings. The first-order valence-corrected chi connectivity index (χ1v) is 6.84. The van der Waals surface area contributed by atoms with Gasteiger partial charge in [0.05, 0.1) is 0 Å². The normalized spacial score (nSPS) is 22.6. The van der Waals surface area contributed by atoms with Crippen LogP contribution in [-0.4, -0.2) is 44.7 Å². The number of hydrogen-bond acceptors (Lipinski definition) is 3. The van der Waals surface area contributed by atoms with Crippen LogP contribution in [0.1, 0.15) is 19.8 Å². The van der Waals surface area contributed by atoms with Gasteiger partial charge in [-0.2, -0.15) is 13.1 Å². The average molecular weight is 256 g/mol. The highest BCUT2D eigenvalue weighted by atomic mass is 32.2. The Kier molecular flexibility index (Phi) is 4.63. The second-order valence-corrected chi connectivity index (χ2v) is 6.02. The highest BCUT2D eigenvalue weighted by Gasteiger charge is 2.35. The molecule has 96 valence electrons. The standard InChI is InChI=1S/C9H18F2N2O2S/c1-7(12-2)8-3-5-13(6-4-8)16(14,15)9(10)11/h7-9,12H,3-6H2,1-2H3. The Morgan fingerprint density at radius 3 is 2.19 bits per heavy atom. The molecule has 1 aliphatic rings. The molecule has 0 radical (unpaired) electrons. The SMILES string of the molecule is CNC(C)C1CCN(S(=O)(=O)C(F)F)CC1. The second-order valence-electron chi connectivity index (χ2n) is 4.12. The topological polar surface area (TPSA) is 49.4 Å². The molecule has 7 heteroatoms. The van der Waals surface area contributed by atoms with E-state index in [1.54, 1.807) is 0 Å². The lowest BCUT2D eigenvalue weighted by atomic mass is 9.91. The fraction of sp³-hybridized carbons (Fsp3) is 1.00. The molecule has 4 nitrogen and oxygen atoms in total. The summed E-state index contributed by atoms with van der Waals surface area (Å²) in [5, 5.41) is 3.09. The van der Waals surface area contributed by atoms with Crippen molar-refractivity contribution in [2.45, 2.75) is 31.6 Å². The molecular weight excluding hydrogens is 238 g/mol. The van der Waals surface area contributed by atoms with Crippen molar-refractivity contribution in [3.8, 4) is 0 Å². The maximum absolute atomic E-state index is 12.3. The summed E-state index contributed by atoms with van der Waals surface area (Å²) < 4.78 is 47.8. The van der Waals surface area contributed by atoms with Gasteiger partial charge in [-0.25, -0.2) is 8.42 Å². The number of rotatable bonds is 4. The van der Waals surface area contributed by atoms with Gasteiger partial charge < -0.3 is 5.32 Å². The number of sulfonamides is 1. The first-order valence-electron chi connectivity index (χ1n) is 5.34. The molecule has 1 N–H and O–H groups in total. The van der Waals surface area contributed by atoms with E-state index in [1.807, 2.05) is 14.0 Å². The molecule has 0 saturated carbocycles. The summed E-state index contributed by atoms with van der Waals surface area (Å²) in [5.41, 5.74) is 0. The molecule has 0 aromatic heterocycles. The molecule has 0 aromatic rings. The van der Waals surface area contributed by atoms with Crippen LogP contribution in [-0.2, 0) is 10.0 Å². The van der Waals surface area contributed by atoms with Crippen LogP contribution < -0.4 is 5.32 Å². The third kappa shape index (κ3) is 2.89. The summed E-state index contributed by atoms with van der Waals surface area (Å²) in [6, 6.07) is 0.288. The summed E-state index contributed by atoms with van der Waals surface area (Å²) in [7, 11) is -2.54. The largest absolute Gasteiger partial charge is 0.350 e. The third-order valence-corrected chi connectivity index (χ3v) is 4.78. The van der Waals surface area contributed by atoms with Crippen LogP contribution in [0, 0.1) is 5.92 Å². The van der Waals surface area contributed by atoms with Gasteiger partial charge in [-0.1, -0.05) is 0 Å². The second kappa shape index (κ2) is 5.37. The Morgan fingerprint density at radius 1 is 1.31 bits per heavy atom. The monoisotopic (exact) mass is 256 g/mol. The average Bonchev–Trinajstić information content (AvgIpc) is 2.28. The van der Waals surface area contributed by atoms with Crippen molar-refractivity contribution in [2.75, 3.05) is 20.1 Å². The van der Waals surface area contributed by atoms with Gasteiger partial charge in [0.25, 0.3) is 10.0 Å². The lowest BCUT2D eigenvalue weighted by molar-refractivity contribution is 0.195. The minimum Gasteiger partial charge on any atom is -0.317 e. The smallest absolute Gasteiger partial charge is 0.317 e. The van der Waals surface area contributed by atoms with Crippen LogP contribution >= 0.6 is 0 Å². The van der Waals surface area contributed by atoms with Crippen molar-refractivity contribution in [1.82, 2.24) is 9.62 Å². The molecule has 16 heavy (non-hydrogen) atoms. The minimum atomic E-state index is -4.38. The third-order valence-electron chi connectivity index (χ3n) is 3.25. The van der Waals surface area contributed by atoms with E-state index in [0.29, 0.717) is 18.8 Å². The number of piperidine rings is 1. The van der Waals surface area contributed by atoms with Crippen LogP contribution in [0.5, 0.6) is 0 Å². The van der Waals surface area contributed by atoms with Crippen molar-refractivity contribution in [3.63, 3.8) is 0 Å². The van der Waals surface area contributed by atoms with Gasteiger partial charge in [0.2, 0.25) is 0 Å². The van der Waals surface area contributed by atoms with Crippen LogP contribution in [0.4, 0.5) is 8.78 Å². The van der Waals surface area contributed by atoms with Gasteiger partial charge in [-0.3, -0.25) is 0 Å². The Bertz CT molecular complexity index is 313.